The summed E-state index contributed by atoms with van der Waals surface area (Å²) >= 11 is 0. The van der Waals surface area contributed by atoms with Crippen LogP contribution in [0.4, 0.5) is 5.69 Å². The van der Waals surface area contributed by atoms with Crippen LogP contribution in [0.5, 0.6) is 0 Å². The van der Waals surface area contributed by atoms with Crippen LogP contribution >= 0.6 is 0 Å². The van der Waals surface area contributed by atoms with Gasteiger partial charge in [-0.2, -0.15) is 0 Å². The summed E-state index contributed by atoms with van der Waals surface area (Å²) in [6.07, 6.45) is 2.26. The van der Waals surface area contributed by atoms with E-state index in [-0.39, 0.29) is 25.3 Å². The molecule has 0 heterocycles. The standard InChI is InChI=1S/C22H28N2O3/c1-2-3-14-20(25)24(19-12-8-5-9-13-19)22(15-16-23,21(26)27)17-18-10-6-4-7-11-18/h4-13H,2-3,14-17,23H2,1H3,(H,26,27)/t22-/m1/s1. The van der Waals surface area contributed by atoms with Crippen LogP contribution in [0.25, 0.3) is 0 Å². The Morgan fingerprint density at radius 2 is 1.63 bits per heavy atom. The normalized spacial score (nSPS) is 13.0. The fourth-order valence-electron chi connectivity index (χ4n) is 3.38. The van der Waals surface area contributed by atoms with Crippen LogP contribution < -0.4 is 10.6 Å². The van der Waals surface area contributed by atoms with Gasteiger partial charge in [-0.1, -0.05) is 61.9 Å². The molecule has 2 aromatic rings. The lowest BCUT2D eigenvalue weighted by Crippen LogP contribution is -2.60. The van der Waals surface area contributed by atoms with Crippen molar-refractivity contribution >= 4 is 17.6 Å². The van der Waals surface area contributed by atoms with Crippen molar-refractivity contribution in [3.63, 3.8) is 0 Å². The van der Waals surface area contributed by atoms with Crippen molar-refractivity contribution in [1.29, 1.82) is 0 Å². The van der Waals surface area contributed by atoms with Crippen molar-refractivity contribution in [3.05, 3.63) is 66.2 Å². The second-order valence-electron chi connectivity index (χ2n) is 6.71. The Hall–Kier alpha value is -2.66. The molecule has 2 rings (SSSR count). The number of anilines is 1. The number of benzene rings is 2. The second kappa shape index (κ2) is 9.88. The first kappa shape index (κ1) is 20.6. The van der Waals surface area contributed by atoms with E-state index in [2.05, 4.69) is 0 Å². The minimum Gasteiger partial charge on any atom is -0.479 e. The molecule has 2 aromatic carbocycles. The van der Waals surface area contributed by atoms with Gasteiger partial charge in [-0.15, -0.1) is 0 Å². The molecule has 1 amide bonds. The van der Waals surface area contributed by atoms with Gasteiger partial charge in [0.25, 0.3) is 0 Å². The van der Waals surface area contributed by atoms with Crippen molar-refractivity contribution in [2.45, 2.75) is 44.6 Å². The molecule has 0 aliphatic rings. The summed E-state index contributed by atoms with van der Waals surface area (Å²) in [6, 6.07) is 18.4. The predicted octanol–water partition coefficient (Wildman–Crippen LogP) is 3.62. The van der Waals surface area contributed by atoms with Gasteiger partial charge in [-0.3, -0.25) is 9.69 Å². The molecule has 0 aliphatic heterocycles. The van der Waals surface area contributed by atoms with Gasteiger partial charge < -0.3 is 10.8 Å². The maximum atomic E-state index is 13.1. The van der Waals surface area contributed by atoms with Crippen molar-refractivity contribution in [3.8, 4) is 0 Å². The molecule has 0 fully saturated rings. The SMILES string of the molecule is CCCCC(=O)N(c1ccccc1)[C@](CCN)(Cc1ccccc1)C(=O)O. The number of carboxylic acid groups (broad SMARTS) is 1. The molecule has 0 saturated carbocycles. The molecule has 0 spiro atoms. The Kier molecular flexibility index (Phi) is 7.55. The van der Waals surface area contributed by atoms with Crippen molar-refractivity contribution in [2.75, 3.05) is 11.4 Å². The number of unbranched alkanes of at least 4 members (excludes halogenated alkanes) is 1. The van der Waals surface area contributed by atoms with Gasteiger partial charge in [0.05, 0.1) is 0 Å². The molecule has 0 bridgehead atoms. The quantitative estimate of drug-likeness (QED) is 0.671. The summed E-state index contributed by atoms with van der Waals surface area (Å²) in [5.41, 5.74) is 5.84. The highest BCUT2D eigenvalue weighted by molar-refractivity contribution is 6.01. The lowest BCUT2D eigenvalue weighted by molar-refractivity contribution is -0.145. The van der Waals surface area contributed by atoms with E-state index in [0.717, 1.165) is 12.0 Å². The largest absolute Gasteiger partial charge is 0.479 e. The van der Waals surface area contributed by atoms with Gasteiger partial charge in [-0.25, -0.2) is 4.79 Å². The summed E-state index contributed by atoms with van der Waals surface area (Å²) in [5.74, 6) is -1.22. The average Bonchev–Trinajstić information content (AvgIpc) is 2.68. The van der Waals surface area contributed by atoms with Crippen LogP contribution in [-0.4, -0.2) is 29.1 Å². The highest BCUT2D eigenvalue weighted by Crippen LogP contribution is 2.32. The first-order chi connectivity index (χ1) is 13.0. The molecule has 0 aromatic heterocycles. The summed E-state index contributed by atoms with van der Waals surface area (Å²) in [7, 11) is 0. The molecule has 5 nitrogen and oxygen atoms in total. The number of carbonyl (C=O) groups excluding carboxylic acids is 1. The van der Waals surface area contributed by atoms with E-state index in [0.29, 0.717) is 18.5 Å². The number of aliphatic carboxylic acids is 1. The zero-order valence-corrected chi connectivity index (χ0v) is 15.8. The Balaban J connectivity index is 2.57. The molecule has 0 radical (unpaired) electrons. The molecule has 5 heteroatoms. The summed E-state index contributed by atoms with van der Waals surface area (Å²) in [5, 5.41) is 10.3. The van der Waals surface area contributed by atoms with E-state index >= 15 is 0 Å². The third-order valence-corrected chi connectivity index (χ3v) is 4.73. The zero-order valence-electron chi connectivity index (χ0n) is 15.8. The Morgan fingerprint density at radius 1 is 1.04 bits per heavy atom. The van der Waals surface area contributed by atoms with E-state index in [4.69, 9.17) is 5.73 Å². The number of amides is 1. The minimum atomic E-state index is -1.43. The number of carboxylic acids is 1. The first-order valence-corrected chi connectivity index (χ1v) is 9.40. The molecule has 0 saturated heterocycles. The molecule has 0 aliphatic carbocycles. The zero-order chi connectivity index (χ0) is 19.7. The maximum absolute atomic E-state index is 13.1. The number of para-hydroxylation sites is 1. The highest BCUT2D eigenvalue weighted by atomic mass is 16.4. The van der Waals surface area contributed by atoms with Gasteiger partial charge in [-0.05, 0) is 37.1 Å². The molecule has 144 valence electrons. The van der Waals surface area contributed by atoms with E-state index in [1.54, 1.807) is 12.1 Å². The monoisotopic (exact) mass is 368 g/mol. The van der Waals surface area contributed by atoms with E-state index < -0.39 is 11.5 Å². The van der Waals surface area contributed by atoms with Crippen molar-refractivity contribution in [2.24, 2.45) is 5.73 Å². The summed E-state index contributed by atoms with van der Waals surface area (Å²) < 4.78 is 0. The number of nitrogens with two attached hydrogens (primary N) is 1. The van der Waals surface area contributed by atoms with Crippen LogP contribution in [0.15, 0.2) is 60.7 Å². The van der Waals surface area contributed by atoms with E-state index in [9.17, 15) is 14.7 Å². The smallest absolute Gasteiger partial charge is 0.330 e. The van der Waals surface area contributed by atoms with Crippen molar-refractivity contribution < 1.29 is 14.7 Å². The molecule has 1 atom stereocenters. The number of hydrogen-bond donors (Lipinski definition) is 2. The molecule has 27 heavy (non-hydrogen) atoms. The van der Waals surface area contributed by atoms with Crippen LogP contribution in [0.1, 0.15) is 38.2 Å². The van der Waals surface area contributed by atoms with Crippen LogP contribution in [0, 0.1) is 0 Å². The summed E-state index contributed by atoms with van der Waals surface area (Å²) in [4.78, 5) is 27.2. The van der Waals surface area contributed by atoms with Crippen molar-refractivity contribution in [1.82, 2.24) is 0 Å². The third-order valence-electron chi connectivity index (χ3n) is 4.73. The molecule has 3 N–H and O–H groups in total. The lowest BCUT2D eigenvalue weighted by atomic mass is 9.84. The van der Waals surface area contributed by atoms with Crippen LogP contribution in [0.3, 0.4) is 0 Å². The number of rotatable bonds is 10. The molecular formula is C22H28N2O3. The Bertz CT molecular complexity index is 734. The topological polar surface area (TPSA) is 83.6 Å². The Morgan fingerprint density at radius 3 is 2.15 bits per heavy atom. The number of nitrogens with zero attached hydrogens (tertiary/aromatic N) is 1. The van der Waals surface area contributed by atoms with Gasteiger partial charge >= 0.3 is 5.97 Å². The first-order valence-electron chi connectivity index (χ1n) is 9.40. The molecular weight excluding hydrogens is 340 g/mol. The fourth-order valence-corrected chi connectivity index (χ4v) is 3.38. The fraction of sp³-hybridized carbons (Fsp3) is 0.364. The average molecular weight is 368 g/mol. The third kappa shape index (κ3) is 4.95. The van der Waals surface area contributed by atoms with E-state index in [1.807, 2.05) is 55.5 Å². The highest BCUT2D eigenvalue weighted by Gasteiger charge is 2.46. The lowest BCUT2D eigenvalue weighted by Gasteiger charge is -2.41. The second-order valence-corrected chi connectivity index (χ2v) is 6.71. The maximum Gasteiger partial charge on any atom is 0.330 e. The Labute approximate surface area is 160 Å². The summed E-state index contributed by atoms with van der Waals surface area (Å²) in [6.45, 7) is 2.18. The number of carbonyl (C=O) groups is 2. The predicted molar refractivity (Wildman–Crippen MR) is 108 cm³/mol. The van der Waals surface area contributed by atoms with Gasteiger partial charge in [0.1, 0.15) is 5.54 Å². The van der Waals surface area contributed by atoms with Gasteiger partial charge in [0.15, 0.2) is 0 Å². The van der Waals surface area contributed by atoms with Gasteiger partial charge in [0, 0.05) is 18.5 Å². The van der Waals surface area contributed by atoms with E-state index in [1.165, 1.54) is 4.90 Å². The number of hydrogen-bond acceptors (Lipinski definition) is 3. The molecule has 0 unspecified atom stereocenters. The van der Waals surface area contributed by atoms with Crippen LogP contribution in [-0.2, 0) is 16.0 Å². The minimum absolute atomic E-state index is 0.170. The van der Waals surface area contributed by atoms with Crippen LogP contribution in [0.2, 0.25) is 0 Å². The van der Waals surface area contributed by atoms with Gasteiger partial charge in [0.2, 0.25) is 5.91 Å².